The molecule has 0 bridgehead atoms. The van der Waals surface area contributed by atoms with Crippen LogP contribution in [-0.4, -0.2) is 47.0 Å². The average Bonchev–Trinajstić information content (AvgIpc) is 3.05. The SMILES string of the molecule is CNc1nc(Br)cn2c(C(=O)NC(C)COCc3cc(N)c(N)c(N(C)N)c3)c(C)nc12. The van der Waals surface area contributed by atoms with Crippen molar-refractivity contribution in [2.45, 2.75) is 26.5 Å². The number of fused-ring (bicyclic) bond motifs is 1. The van der Waals surface area contributed by atoms with Crippen molar-refractivity contribution in [3.05, 3.63) is 39.9 Å². The van der Waals surface area contributed by atoms with E-state index in [0.717, 1.165) is 5.56 Å². The molecule has 2 aromatic heterocycles. The Balaban J connectivity index is 1.66. The van der Waals surface area contributed by atoms with Crippen LogP contribution in [0.2, 0.25) is 0 Å². The highest BCUT2D eigenvalue weighted by atomic mass is 79.9. The van der Waals surface area contributed by atoms with Crippen molar-refractivity contribution in [2.75, 3.05) is 42.5 Å². The second-order valence-corrected chi connectivity index (χ2v) is 8.33. The van der Waals surface area contributed by atoms with E-state index in [1.54, 1.807) is 37.7 Å². The quantitative estimate of drug-likeness (QED) is 0.174. The zero-order chi connectivity index (χ0) is 23.6. The normalized spacial score (nSPS) is 12.1. The molecule has 0 saturated carbocycles. The zero-order valence-electron chi connectivity index (χ0n) is 18.4. The molecule has 0 spiro atoms. The van der Waals surface area contributed by atoms with Crippen molar-refractivity contribution in [3.63, 3.8) is 0 Å². The fourth-order valence-electron chi connectivity index (χ4n) is 3.36. The maximum atomic E-state index is 13.0. The number of nitrogen functional groups attached to an aromatic ring is 2. The molecular formula is C20H28BrN9O2. The van der Waals surface area contributed by atoms with Crippen LogP contribution in [-0.2, 0) is 11.3 Å². The van der Waals surface area contributed by atoms with E-state index in [1.165, 1.54) is 5.01 Å². The minimum absolute atomic E-state index is 0.246. The molecule has 1 aromatic carbocycles. The summed E-state index contributed by atoms with van der Waals surface area (Å²) in [7, 11) is 3.44. The van der Waals surface area contributed by atoms with Gasteiger partial charge in [0.2, 0.25) is 0 Å². The summed E-state index contributed by atoms with van der Waals surface area (Å²) in [5, 5.41) is 7.35. The summed E-state index contributed by atoms with van der Waals surface area (Å²) < 4.78 is 8.08. The van der Waals surface area contributed by atoms with Crippen LogP contribution in [0.5, 0.6) is 0 Å². The number of nitrogens with zero attached hydrogens (tertiary/aromatic N) is 4. The van der Waals surface area contributed by atoms with Crippen LogP contribution < -0.4 is 33.0 Å². The van der Waals surface area contributed by atoms with E-state index in [1.807, 2.05) is 13.0 Å². The monoisotopic (exact) mass is 505 g/mol. The molecule has 1 unspecified atom stereocenters. The number of halogens is 1. The van der Waals surface area contributed by atoms with E-state index < -0.39 is 0 Å². The molecule has 1 atom stereocenters. The van der Waals surface area contributed by atoms with Gasteiger partial charge in [-0.3, -0.25) is 9.20 Å². The lowest BCUT2D eigenvalue weighted by Gasteiger charge is -2.18. The summed E-state index contributed by atoms with van der Waals surface area (Å²) in [6.07, 6.45) is 1.71. The second-order valence-electron chi connectivity index (χ2n) is 7.52. The molecule has 0 fully saturated rings. The van der Waals surface area contributed by atoms with Gasteiger partial charge in [-0.15, -0.1) is 0 Å². The Morgan fingerprint density at radius 2 is 2.06 bits per heavy atom. The van der Waals surface area contributed by atoms with Gasteiger partial charge < -0.3 is 31.8 Å². The van der Waals surface area contributed by atoms with Gasteiger partial charge in [0.15, 0.2) is 11.5 Å². The van der Waals surface area contributed by atoms with Gasteiger partial charge >= 0.3 is 0 Å². The number of carbonyl (C=O) groups is 1. The van der Waals surface area contributed by atoms with Crippen molar-refractivity contribution in [1.29, 1.82) is 0 Å². The minimum Gasteiger partial charge on any atom is -0.397 e. The number of aryl methyl sites for hydroxylation is 1. The van der Waals surface area contributed by atoms with E-state index in [2.05, 4.69) is 36.5 Å². The number of rotatable bonds is 8. The molecule has 3 rings (SSSR count). The van der Waals surface area contributed by atoms with Crippen molar-refractivity contribution in [1.82, 2.24) is 19.7 Å². The van der Waals surface area contributed by atoms with Gasteiger partial charge in [0, 0.05) is 26.3 Å². The topological polar surface area (TPSA) is 162 Å². The maximum absolute atomic E-state index is 13.0. The number of benzene rings is 1. The molecule has 0 aliphatic carbocycles. The van der Waals surface area contributed by atoms with Gasteiger partial charge in [-0.05, 0) is 47.5 Å². The molecule has 0 aliphatic heterocycles. The molecule has 1 amide bonds. The Hall–Kier alpha value is -3.09. The van der Waals surface area contributed by atoms with Crippen LogP contribution in [0.15, 0.2) is 22.9 Å². The van der Waals surface area contributed by atoms with Crippen LogP contribution in [0.3, 0.4) is 0 Å². The van der Waals surface area contributed by atoms with E-state index >= 15 is 0 Å². The molecule has 8 N–H and O–H groups in total. The van der Waals surface area contributed by atoms with Gasteiger partial charge in [0.25, 0.3) is 5.91 Å². The number of hydrazine groups is 1. The van der Waals surface area contributed by atoms with E-state index in [-0.39, 0.29) is 11.9 Å². The third-order valence-electron chi connectivity index (χ3n) is 4.85. The number of anilines is 4. The van der Waals surface area contributed by atoms with Gasteiger partial charge in [-0.2, -0.15) is 0 Å². The van der Waals surface area contributed by atoms with E-state index in [0.29, 0.717) is 57.7 Å². The first kappa shape index (κ1) is 23.6. The van der Waals surface area contributed by atoms with Gasteiger partial charge in [0.05, 0.1) is 36.0 Å². The number of hydrogen-bond donors (Lipinski definition) is 5. The highest BCUT2D eigenvalue weighted by molar-refractivity contribution is 9.10. The Morgan fingerprint density at radius 1 is 1.34 bits per heavy atom. The van der Waals surface area contributed by atoms with Crippen LogP contribution in [0.25, 0.3) is 5.65 Å². The molecule has 11 nitrogen and oxygen atoms in total. The fourth-order valence-corrected chi connectivity index (χ4v) is 3.74. The number of nitrogens with two attached hydrogens (primary N) is 3. The minimum atomic E-state index is -0.255. The van der Waals surface area contributed by atoms with Crippen LogP contribution in [0.4, 0.5) is 22.9 Å². The largest absolute Gasteiger partial charge is 0.397 e. The summed E-state index contributed by atoms with van der Waals surface area (Å²) >= 11 is 3.37. The highest BCUT2D eigenvalue weighted by Gasteiger charge is 2.21. The lowest BCUT2D eigenvalue weighted by atomic mass is 10.1. The Morgan fingerprint density at radius 3 is 2.72 bits per heavy atom. The number of imidazole rings is 1. The van der Waals surface area contributed by atoms with Crippen molar-refractivity contribution < 1.29 is 9.53 Å². The fraction of sp³-hybridized carbons (Fsp3) is 0.350. The van der Waals surface area contributed by atoms with Crippen LogP contribution >= 0.6 is 15.9 Å². The first-order chi connectivity index (χ1) is 15.1. The lowest BCUT2D eigenvalue weighted by molar-refractivity contribution is 0.0815. The first-order valence-corrected chi connectivity index (χ1v) is 10.7. The Kier molecular flexibility index (Phi) is 7.06. The number of aromatic nitrogens is 3. The molecule has 3 aromatic rings. The third-order valence-corrected chi connectivity index (χ3v) is 5.23. The summed E-state index contributed by atoms with van der Waals surface area (Å²) in [6, 6.07) is 3.32. The van der Waals surface area contributed by atoms with Gasteiger partial charge in [-0.1, -0.05) is 0 Å². The zero-order valence-corrected chi connectivity index (χ0v) is 20.0. The molecular weight excluding hydrogens is 478 g/mol. The molecule has 2 heterocycles. The molecule has 0 radical (unpaired) electrons. The van der Waals surface area contributed by atoms with Crippen LogP contribution in [0, 0.1) is 6.92 Å². The van der Waals surface area contributed by atoms with Crippen molar-refractivity contribution in [2.24, 2.45) is 5.84 Å². The van der Waals surface area contributed by atoms with Gasteiger partial charge in [0.1, 0.15) is 10.3 Å². The number of nitrogens with one attached hydrogen (secondary N) is 2. The van der Waals surface area contributed by atoms with E-state index in [9.17, 15) is 4.79 Å². The summed E-state index contributed by atoms with van der Waals surface area (Å²) in [6.45, 7) is 4.24. The standard InChI is InChI=1S/C20H28BrN9O2/c1-10(8-32-9-12-5-13(22)16(23)14(6-12)29(4)24)26-20(31)17-11(2)27-19-18(25-3)28-15(21)7-30(17)19/h5-7,10H,8-9,22-24H2,1-4H3,(H,25,28)(H,26,31). The average molecular weight is 506 g/mol. The number of hydrogen-bond acceptors (Lipinski definition) is 9. The predicted molar refractivity (Wildman–Crippen MR) is 129 cm³/mol. The van der Waals surface area contributed by atoms with E-state index in [4.69, 9.17) is 22.0 Å². The number of ether oxygens (including phenoxy) is 1. The molecule has 32 heavy (non-hydrogen) atoms. The van der Waals surface area contributed by atoms with Crippen molar-refractivity contribution >= 4 is 50.4 Å². The second kappa shape index (κ2) is 9.59. The summed E-state index contributed by atoms with van der Waals surface area (Å²) in [5.74, 6) is 6.12. The summed E-state index contributed by atoms with van der Waals surface area (Å²) in [5.41, 5.74) is 15.8. The summed E-state index contributed by atoms with van der Waals surface area (Å²) in [4.78, 5) is 21.8. The molecule has 0 saturated heterocycles. The molecule has 172 valence electrons. The molecule has 12 heteroatoms. The van der Waals surface area contributed by atoms with Crippen molar-refractivity contribution in [3.8, 4) is 0 Å². The number of amides is 1. The Labute approximate surface area is 194 Å². The number of carbonyl (C=O) groups excluding carboxylic acids is 1. The Bertz CT molecular complexity index is 1150. The maximum Gasteiger partial charge on any atom is 0.270 e. The highest BCUT2D eigenvalue weighted by Crippen LogP contribution is 2.29. The smallest absolute Gasteiger partial charge is 0.270 e. The van der Waals surface area contributed by atoms with Gasteiger partial charge in [-0.25, -0.2) is 15.8 Å². The lowest BCUT2D eigenvalue weighted by Crippen LogP contribution is -2.36. The first-order valence-electron chi connectivity index (χ1n) is 9.90. The third kappa shape index (κ3) is 4.87. The predicted octanol–water partition coefficient (Wildman–Crippen LogP) is 1.65. The van der Waals surface area contributed by atoms with Crippen LogP contribution in [0.1, 0.15) is 28.7 Å². The molecule has 0 aliphatic rings.